The number of aryl methyl sites for hydroxylation is 4. The fraction of sp³-hybridized carbons (Fsp3) is 0.856. The van der Waals surface area contributed by atoms with Gasteiger partial charge in [0, 0.05) is 22.3 Å². The van der Waals surface area contributed by atoms with Crippen LogP contribution in [0.4, 0.5) is 0 Å². The Morgan fingerprint density at radius 3 is 0.544 bits per heavy atom. The van der Waals surface area contributed by atoms with Crippen LogP contribution in [0.1, 0.15) is 608 Å². The Hall–Kier alpha value is -1.82. The van der Waals surface area contributed by atoms with Crippen LogP contribution in [0.5, 0.6) is 0 Å². The normalized spacial score (nSPS) is 12.5. The molecule has 0 saturated heterocycles. The van der Waals surface area contributed by atoms with Gasteiger partial charge in [0.15, 0.2) is 0 Å². The van der Waals surface area contributed by atoms with Gasteiger partial charge in [0.25, 0.3) is 0 Å². The SMILES string of the molecule is CCCCCCCCCCCCCC1=C(c2cc(CC)c(CCCCC)c(CC)c2)[N+](=[N-])C(c2cc(CC)c(CCCCC)c(CC)c2)=C1CCCC.CCCCCCCCCCCCCCCCCCCCCCCCCCCCC[CH2][Pd][CH2]CCCCCCCCCCCCCCCCCCCCCCCCCCCCC. The zero-order valence-electron chi connectivity index (χ0n) is 79.6. The first-order chi connectivity index (χ1) is 56.3. The van der Waals surface area contributed by atoms with E-state index in [0.717, 1.165) is 80.7 Å². The minimum atomic E-state index is 1.03. The van der Waals surface area contributed by atoms with E-state index in [2.05, 4.69) is 93.5 Å². The first-order valence-electron chi connectivity index (χ1n) is 53.1. The van der Waals surface area contributed by atoms with E-state index in [-0.39, 0.29) is 0 Å². The molecule has 114 heavy (non-hydrogen) atoms. The average Bonchev–Trinajstić information content (AvgIpc) is 1.59. The Labute approximate surface area is 726 Å². The number of hydrogen-bond donors (Lipinski definition) is 0. The van der Waals surface area contributed by atoms with E-state index < -0.39 is 0 Å². The zero-order chi connectivity index (χ0) is 82.1. The van der Waals surface area contributed by atoms with Gasteiger partial charge in [-0.05, 0) is 135 Å². The van der Waals surface area contributed by atoms with Crippen molar-refractivity contribution >= 4 is 11.4 Å². The number of benzene rings is 2. The van der Waals surface area contributed by atoms with Crippen LogP contribution >= 0.6 is 0 Å². The molecule has 1 heterocycles. The quantitative estimate of drug-likeness (QED) is 0.0358. The number of hydrogen-bond acceptors (Lipinski definition) is 0. The van der Waals surface area contributed by atoms with Crippen LogP contribution in [0, 0.1) is 0 Å². The second-order valence-electron chi connectivity index (χ2n) is 36.8. The third-order valence-electron chi connectivity index (χ3n) is 26.3. The first kappa shape index (κ1) is 108. The van der Waals surface area contributed by atoms with E-state index in [0.29, 0.717) is 0 Å². The van der Waals surface area contributed by atoms with Crippen molar-refractivity contribution in [2.24, 2.45) is 0 Å². The van der Waals surface area contributed by atoms with E-state index in [4.69, 9.17) is 0 Å². The van der Waals surface area contributed by atoms with Gasteiger partial charge in [0.05, 0.1) is 0 Å². The molecule has 0 unspecified atom stereocenters. The van der Waals surface area contributed by atoms with Gasteiger partial charge in [0.1, 0.15) is 0 Å². The van der Waals surface area contributed by atoms with Crippen LogP contribution in [0.15, 0.2) is 35.4 Å². The summed E-state index contributed by atoms with van der Waals surface area (Å²) >= 11 is 1.05. The summed E-state index contributed by atoms with van der Waals surface area (Å²) in [5.41, 5.74) is 29.1. The van der Waals surface area contributed by atoms with Gasteiger partial charge in [-0.25, -0.2) is 4.70 Å². The van der Waals surface area contributed by atoms with E-state index in [9.17, 15) is 5.53 Å². The van der Waals surface area contributed by atoms with Crippen molar-refractivity contribution in [3.05, 3.63) is 85.5 Å². The molecule has 1 aliphatic rings. The molecule has 1 aliphatic heterocycles. The minimum absolute atomic E-state index is 1.03. The molecule has 668 valence electrons. The Bertz CT molecular complexity index is 2370. The number of allylic oxidation sites excluding steroid dienone is 2. The molecule has 0 aromatic heterocycles. The maximum absolute atomic E-state index is 12.6. The van der Waals surface area contributed by atoms with Crippen molar-refractivity contribution in [1.29, 1.82) is 0 Å². The minimum Gasteiger partial charge on any atom is -0.0654 e. The molecule has 3 rings (SSSR count). The monoisotopic (exact) mass is 1670 g/mol. The molecule has 0 amide bonds. The molecule has 2 nitrogen and oxygen atoms in total. The van der Waals surface area contributed by atoms with Gasteiger partial charge in [-0.3, -0.25) is 0 Å². The molecule has 0 fully saturated rings. The summed E-state index contributed by atoms with van der Waals surface area (Å²) in [5, 5.41) is 0. The average molecular weight is 1670 g/mol. The molecule has 3 heteroatoms. The summed E-state index contributed by atoms with van der Waals surface area (Å²) < 4.78 is 1.68. The van der Waals surface area contributed by atoms with Gasteiger partial charge in [0.2, 0.25) is 11.4 Å². The Morgan fingerprint density at radius 2 is 0.351 bits per heavy atom. The molecular weight excluding hydrogens is 1470 g/mol. The van der Waals surface area contributed by atoms with Crippen molar-refractivity contribution in [2.75, 3.05) is 0 Å². The van der Waals surface area contributed by atoms with Crippen molar-refractivity contribution in [2.45, 2.75) is 612 Å². The number of rotatable bonds is 87. The number of unbranched alkanes of at least 4 members (excludes halogenated alkanes) is 69. The van der Waals surface area contributed by atoms with E-state index in [1.165, 1.54) is 526 Å². The van der Waals surface area contributed by atoms with Gasteiger partial charge < -0.3 is 5.53 Å². The Kier molecular flexibility index (Phi) is 79.2. The summed E-state index contributed by atoms with van der Waals surface area (Å²) in [6, 6.07) is 9.84. The Morgan fingerprint density at radius 1 is 0.193 bits per heavy atom. The maximum atomic E-state index is 12.6. The predicted octanol–water partition coefficient (Wildman–Crippen LogP) is 40.3. The topological polar surface area (TPSA) is 25.3 Å². The number of nitrogens with zero attached hydrogens (tertiary/aromatic N) is 2. The fourth-order valence-electron chi connectivity index (χ4n) is 18.7. The van der Waals surface area contributed by atoms with Crippen LogP contribution in [-0.2, 0) is 56.5 Å². The van der Waals surface area contributed by atoms with Crippen LogP contribution < -0.4 is 0 Å². The summed E-state index contributed by atoms with van der Waals surface area (Å²) in [7, 11) is 0. The van der Waals surface area contributed by atoms with Gasteiger partial charge in [-0.2, -0.15) is 0 Å². The van der Waals surface area contributed by atoms with E-state index >= 15 is 0 Å². The summed E-state index contributed by atoms with van der Waals surface area (Å²) in [6.07, 6.45) is 117. The third-order valence-corrected chi connectivity index (χ3v) is 28.5. The zero-order valence-corrected chi connectivity index (χ0v) is 81.2. The Balaban J connectivity index is 0.000000780. The van der Waals surface area contributed by atoms with Crippen LogP contribution in [-0.4, -0.2) is 4.70 Å². The van der Waals surface area contributed by atoms with E-state index in [1.807, 2.05) is 0 Å². The van der Waals surface area contributed by atoms with Gasteiger partial charge in [-0.15, -0.1) is 0 Å². The van der Waals surface area contributed by atoms with Crippen LogP contribution in [0.25, 0.3) is 16.9 Å². The molecule has 2 aromatic rings. The molecule has 0 radical (unpaired) electrons. The molecule has 0 aliphatic carbocycles. The summed E-state index contributed by atoms with van der Waals surface area (Å²) in [6.45, 7) is 23.1. The van der Waals surface area contributed by atoms with Crippen molar-refractivity contribution < 1.29 is 22.7 Å². The molecule has 0 spiro atoms. The van der Waals surface area contributed by atoms with Crippen LogP contribution in [0.2, 0.25) is 9.79 Å². The molecule has 2 aromatic carbocycles. The molecule has 0 atom stereocenters. The smallest absolute Gasteiger partial charge is 0.0654 e. The van der Waals surface area contributed by atoms with Gasteiger partial charge in [-0.1, -0.05) is 384 Å². The third kappa shape index (κ3) is 57.5. The second-order valence-corrected chi connectivity index (χ2v) is 39.1. The van der Waals surface area contributed by atoms with Gasteiger partial charge >= 0.3 is 169 Å². The molecule has 0 N–H and O–H groups in total. The summed E-state index contributed by atoms with van der Waals surface area (Å²) in [4.78, 5) is 3.10. The van der Waals surface area contributed by atoms with Crippen molar-refractivity contribution in [1.82, 2.24) is 0 Å². The fourth-order valence-corrected chi connectivity index (χ4v) is 20.7. The first-order valence-corrected chi connectivity index (χ1v) is 55.3. The van der Waals surface area contributed by atoms with E-state index in [1.54, 1.807) is 25.6 Å². The van der Waals surface area contributed by atoms with Crippen molar-refractivity contribution in [3.63, 3.8) is 0 Å². The second kappa shape index (κ2) is 83.4. The molecular formula is C111H204N2Pd. The molecule has 0 saturated carbocycles. The summed E-state index contributed by atoms with van der Waals surface area (Å²) in [5.74, 6) is 0. The standard InChI is InChI=1S/C51H82N2.2C30H61.Pd/c1-9-17-21-22-23-24-25-26-27-28-31-35-49-48(32-20-12-4)50(44-36-40(13-5)46(33-29-18-10-2)41(14-6)37-44)53(52)51(49)45-38-42(15-7)47(34-30-19-11-3)43(16-8)39-45;2*1-3-5-7-9-11-13-15-17-19-21-23-25-27-29-30-28-26-24-22-20-18-16-14-12-10-8-6-4-2;/h36-39H,9-35H2,1-8H3;2*1,3-30H2,2H3;. The predicted molar refractivity (Wildman–Crippen MR) is 514 cm³/mol. The van der Waals surface area contributed by atoms with Crippen molar-refractivity contribution in [3.8, 4) is 0 Å². The van der Waals surface area contributed by atoms with Crippen LogP contribution in [0.3, 0.4) is 0 Å². The molecule has 0 bridgehead atoms.